The maximum Gasteiger partial charge on any atom is 0.422 e. The molecule has 0 spiro atoms. The number of benzene rings is 1. The molecule has 0 saturated heterocycles. The molecule has 0 aliphatic rings. The molecular weight excluding hydrogens is 425 g/mol. The van der Waals surface area contributed by atoms with E-state index in [1.165, 1.54) is 26.4 Å². The lowest BCUT2D eigenvalue weighted by Gasteiger charge is -2.11. The molecule has 11 nitrogen and oxygen atoms in total. The first-order valence-corrected chi connectivity index (χ1v) is 9.02. The molecule has 0 unspecified atom stereocenters. The van der Waals surface area contributed by atoms with Crippen molar-refractivity contribution in [3.63, 3.8) is 0 Å². The van der Waals surface area contributed by atoms with Gasteiger partial charge in [0.2, 0.25) is 0 Å². The number of carbonyl (C=O) groups is 1. The van der Waals surface area contributed by atoms with E-state index in [2.05, 4.69) is 9.84 Å². The minimum atomic E-state index is -4.71. The van der Waals surface area contributed by atoms with Gasteiger partial charge in [0.25, 0.3) is 10.0 Å². The van der Waals surface area contributed by atoms with Crippen molar-refractivity contribution >= 4 is 16.1 Å². The second kappa shape index (κ2) is 8.02. The van der Waals surface area contributed by atoms with Gasteiger partial charge in [-0.3, -0.25) is 0 Å². The van der Waals surface area contributed by atoms with Crippen molar-refractivity contribution < 1.29 is 40.6 Å². The van der Waals surface area contributed by atoms with Gasteiger partial charge in [-0.2, -0.15) is 13.2 Å². The molecule has 0 fully saturated rings. The van der Waals surface area contributed by atoms with Crippen molar-refractivity contribution in [2.75, 3.05) is 20.8 Å². The Morgan fingerprint density at radius 2 is 1.90 bits per heavy atom. The lowest BCUT2D eigenvalue weighted by Crippen LogP contribution is -2.40. The highest BCUT2D eigenvalue weighted by Crippen LogP contribution is 2.28. The van der Waals surface area contributed by atoms with Gasteiger partial charge in [0, 0.05) is 13.1 Å². The van der Waals surface area contributed by atoms with Crippen molar-refractivity contribution in [2.24, 2.45) is 7.05 Å². The second-order valence-electron chi connectivity index (χ2n) is 5.37. The predicted octanol–water partition coefficient (Wildman–Crippen LogP) is 0.487. The number of aromatic nitrogens is 3. The fourth-order valence-electron chi connectivity index (χ4n) is 2.03. The van der Waals surface area contributed by atoms with Crippen LogP contribution in [0.1, 0.15) is 0 Å². The van der Waals surface area contributed by atoms with E-state index >= 15 is 0 Å². The summed E-state index contributed by atoms with van der Waals surface area (Å²) < 4.78 is 78.1. The molecule has 1 amide bonds. The topological polar surface area (TPSA) is 131 Å². The minimum absolute atomic E-state index is 0.00983. The summed E-state index contributed by atoms with van der Waals surface area (Å²) in [5, 5.41) is 3.28. The van der Waals surface area contributed by atoms with Gasteiger partial charge >= 0.3 is 23.9 Å². The zero-order valence-electron chi connectivity index (χ0n) is 15.2. The fraction of sp³-hybridized carbons (Fsp3) is 0.357. The first-order valence-electron chi connectivity index (χ1n) is 7.54. The molecule has 0 saturated carbocycles. The third-order valence-corrected chi connectivity index (χ3v) is 4.72. The van der Waals surface area contributed by atoms with Crippen molar-refractivity contribution in [3.05, 3.63) is 28.7 Å². The van der Waals surface area contributed by atoms with E-state index in [4.69, 9.17) is 9.47 Å². The number of halogens is 3. The van der Waals surface area contributed by atoms with Crippen molar-refractivity contribution in [2.45, 2.75) is 11.1 Å². The average molecular weight is 440 g/mol. The second-order valence-corrected chi connectivity index (χ2v) is 7.02. The van der Waals surface area contributed by atoms with Crippen LogP contribution in [0.2, 0.25) is 0 Å². The van der Waals surface area contributed by atoms with Gasteiger partial charge in [0.15, 0.2) is 6.61 Å². The summed E-state index contributed by atoms with van der Waals surface area (Å²) in [5.74, 6) is 0.00475. The molecule has 0 bridgehead atoms. The Bertz CT molecular complexity index is 1080. The van der Waals surface area contributed by atoms with Crippen molar-refractivity contribution in [1.82, 2.24) is 19.1 Å². The quantitative estimate of drug-likeness (QED) is 0.687. The normalized spacial score (nSPS) is 11.8. The van der Waals surface area contributed by atoms with Crippen LogP contribution in [-0.2, 0) is 17.1 Å². The van der Waals surface area contributed by atoms with Gasteiger partial charge in [-0.1, -0.05) is 0 Å². The van der Waals surface area contributed by atoms with E-state index in [0.29, 0.717) is 4.57 Å². The minimum Gasteiger partial charge on any atom is -0.497 e. The van der Waals surface area contributed by atoms with Gasteiger partial charge in [0.05, 0.1) is 14.2 Å². The highest BCUT2D eigenvalue weighted by atomic mass is 32.2. The van der Waals surface area contributed by atoms with Gasteiger partial charge in [-0.15, -0.1) is 9.78 Å². The Morgan fingerprint density at radius 3 is 2.45 bits per heavy atom. The number of nitrogens with one attached hydrogen (secondary N) is 1. The Morgan fingerprint density at radius 1 is 1.24 bits per heavy atom. The number of methoxy groups -OCH3 is 2. The largest absolute Gasteiger partial charge is 0.497 e. The summed E-state index contributed by atoms with van der Waals surface area (Å²) in [7, 11) is -1.11. The molecule has 1 aromatic heterocycles. The number of ether oxygens (including phenoxy) is 3. The van der Waals surface area contributed by atoms with E-state index in [0.717, 1.165) is 13.1 Å². The third-order valence-electron chi connectivity index (χ3n) is 3.38. The third kappa shape index (κ3) is 4.98. The maximum absolute atomic E-state index is 12.5. The van der Waals surface area contributed by atoms with E-state index in [-0.39, 0.29) is 16.2 Å². The number of carbonyl (C=O) groups excluding carboxylic acids is 1. The molecule has 1 heterocycles. The van der Waals surface area contributed by atoms with E-state index < -0.39 is 45.4 Å². The maximum atomic E-state index is 12.5. The van der Waals surface area contributed by atoms with Gasteiger partial charge < -0.3 is 14.2 Å². The molecule has 0 atom stereocenters. The Kier molecular flexibility index (Phi) is 6.10. The number of hydrogen-bond acceptors (Lipinski definition) is 8. The number of rotatable bonds is 6. The molecule has 0 aliphatic carbocycles. The predicted molar refractivity (Wildman–Crippen MR) is 89.7 cm³/mol. The molecule has 29 heavy (non-hydrogen) atoms. The van der Waals surface area contributed by atoms with Crippen molar-refractivity contribution in [3.8, 4) is 17.5 Å². The van der Waals surface area contributed by atoms with Crippen LogP contribution in [0.25, 0.3) is 0 Å². The first kappa shape index (κ1) is 22.1. The smallest absolute Gasteiger partial charge is 0.422 e. The van der Waals surface area contributed by atoms with E-state index in [1.807, 2.05) is 0 Å². The molecule has 1 N–H and O–H groups in total. The summed E-state index contributed by atoms with van der Waals surface area (Å²) in [4.78, 5) is 23.7. The molecule has 160 valence electrons. The molecule has 2 aromatic rings. The number of nitrogens with zero attached hydrogens (tertiary/aromatic N) is 3. The van der Waals surface area contributed by atoms with Crippen LogP contribution >= 0.6 is 0 Å². The highest BCUT2D eigenvalue weighted by Gasteiger charge is 2.31. The lowest BCUT2D eigenvalue weighted by atomic mass is 10.3. The van der Waals surface area contributed by atoms with E-state index in [9.17, 15) is 31.2 Å². The zero-order chi connectivity index (χ0) is 22.0. The Hall–Kier alpha value is -3.23. The van der Waals surface area contributed by atoms with Gasteiger partial charge in [-0.25, -0.2) is 27.3 Å². The molecule has 1 aromatic carbocycles. The van der Waals surface area contributed by atoms with Crippen LogP contribution in [0.3, 0.4) is 0 Å². The van der Waals surface area contributed by atoms with Crippen LogP contribution in [0.4, 0.5) is 18.0 Å². The monoisotopic (exact) mass is 440 g/mol. The Balaban J connectivity index is 2.34. The summed E-state index contributed by atoms with van der Waals surface area (Å²) in [6.45, 7) is -1.77. The summed E-state index contributed by atoms with van der Waals surface area (Å²) in [5.41, 5.74) is -1.23. The summed E-state index contributed by atoms with van der Waals surface area (Å²) in [6.07, 6.45) is -4.71. The summed E-state index contributed by atoms with van der Waals surface area (Å²) in [6, 6.07) is 1.37. The molecular formula is C14H15F3N4O7S. The molecule has 0 radical (unpaired) electrons. The van der Waals surface area contributed by atoms with Crippen LogP contribution < -0.4 is 24.6 Å². The lowest BCUT2D eigenvalue weighted by molar-refractivity contribution is -0.155. The molecule has 15 heteroatoms. The number of amides is 1. The highest BCUT2D eigenvalue weighted by molar-refractivity contribution is 7.90. The van der Waals surface area contributed by atoms with Crippen LogP contribution in [0.5, 0.6) is 17.5 Å². The SMILES string of the molecule is COc1ccc(OC)c(S(=O)(=O)NC(=O)n2nc(OCC(F)(F)F)n(C)c2=O)c1. The van der Waals surface area contributed by atoms with Crippen LogP contribution in [0, 0.1) is 0 Å². The molecule has 0 aliphatic heterocycles. The van der Waals surface area contributed by atoms with Gasteiger partial charge in [0.1, 0.15) is 16.4 Å². The van der Waals surface area contributed by atoms with Gasteiger partial charge in [-0.05, 0) is 12.1 Å². The van der Waals surface area contributed by atoms with Crippen LogP contribution in [-0.4, -0.2) is 55.8 Å². The summed E-state index contributed by atoms with van der Waals surface area (Å²) >= 11 is 0. The molecule has 2 rings (SSSR count). The standard InChI is InChI=1S/C14H15F3N4O7S/c1-20-12(28-7-14(15,16)17)18-21(13(20)23)11(22)19-29(24,25)10-6-8(26-2)4-5-9(10)27-3/h4-6H,7H2,1-3H3,(H,19,22). The fourth-order valence-corrected chi connectivity index (χ4v) is 3.14. The number of alkyl halides is 3. The van der Waals surface area contributed by atoms with Crippen LogP contribution in [0.15, 0.2) is 27.9 Å². The number of sulfonamides is 1. The first-order chi connectivity index (χ1) is 13.4. The van der Waals surface area contributed by atoms with E-state index in [1.54, 1.807) is 4.72 Å². The van der Waals surface area contributed by atoms with Crippen molar-refractivity contribution in [1.29, 1.82) is 0 Å². The number of hydrogen-bond donors (Lipinski definition) is 1. The zero-order valence-corrected chi connectivity index (χ0v) is 16.0. The Labute approximate surface area is 161 Å². The average Bonchev–Trinajstić information content (AvgIpc) is 2.93.